The van der Waals surface area contributed by atoms with E-state index in [9.17, 15) is 9.18 Å². The molecule has 0 unspecified atom stereocenters. The Morgan fingerprint density at radius 3 is 2.42 bits per heavy atom. The molecule has 0 atom stereocenters. The van der Waals surface area contributed by atoms with E-state index in [1.807, 2.05) is 24.3 Å². The zero-order valence-electron chi connectivity index (χ0n) is 14.2. The Bertz CT molecular complexity index is 912. The lowest BCUT2D eigenvalue weighted by atomic mass is 10.1. The van der Waals surface area contributed by atoms with Crippen LogP contribution < -0.4 is 10.2 Å². The summed E-state index contributed by atoms with van der Waals surface area (Å²) in [5, 5.41) is 2.81. The summed E-state index contributed by atoms with van der Waals surface area (Å²) in [6, 6.07) is 17.2. The molecular formula is C21H19FN2O2. The minimum Gasteiger partial charge on any atom is -0.451 e. The maximum absolute atomic E-state index is 13.8. The number of hydrogen-bond donors (Lipinski definition) is 1. The highest BCUT2D eigenvalue weighted by Crippen LogP contribution is 2.26. The molecule has 3 aromatic rings. The largest absolute Gasteiger partial charge is 0.451 e. The Kier molecular flexibility index (Phi) is 4.44. The van der Waals surface area contributed by atoms with E-state index in [-0.39, 0.29) is 17.5 Å². The van der Waals surface area contributed by atoms with Crippen LogP contribution in [0, 0.1) is 5.82 Å². The second-order valence-corrected chi connectivity index (χ2v) is 6.34. The van der Waals surface area contributed by atoms with Gasteiger partial charge in [-0.2, -0.15) is 0 Å². The molecular weight excluding hydrogens is 331 g/mol. The van der Waals surface area contributed by atoms with E-state index >= 15 is 0 Å². The summed E-state index contributed by atoms with van der Waals surface area (Å²) < 4.78 is 19.4. The first-order valence-corrected chi connectivity index (χ1v) is 8.72. The van der Waals surface area contributed by atoms with Crippen molar-refractivity contribution < 1.29 is 13.6 Å². The van der Waals surface area contributed by atoms with Gasteiger partial charge in [0.2, 0.25) is 0 Å². The monoisotopic (exact) mass is 350 g/mol. The number of carbonyl (C=O) groups excluding carboxylic acids is 1. The summed E-state index contributed by atoms with van der Waals surface area (Å²) >= 11 is 0. The standard InChI is InChI=1S/C21H19FN2O2/c22-18-6-2-1-5-17(18)19-11-12-20(26-19)21(25)23-15-7-9-16(10-8-15)24-13-3-4-14-24/h1-2,5-12H,3-4,13-14H2,(H,23,25). The van der Waals surface area contributed by atoms with Gasteiger partial charge >= 0.3 is 0 Å². The van der Waals surface area contributed by atoms with Crippen molar-refractivity contribution in [2.75, 3.05) is 23.3 Å². The fourth-order valence-corrected chi connectivity index (χ4v) is 3.19. The number of carbonyl (C=O) groups is 1. The average molecular weight is 350 g/mol. The first-order chi connectivity index (χ1) is 12.7. The molecule has 1 aliphatic heterocycles. The topological polar surface area (TPSA) is 45.5 Å². The molecule has 1 N–H and O–H groups in total. The molecule has 4 nitrogen and oxygen atoms in total. The number of halogens is 1. The van der Waals surface area contributed by atoms with Crippen molar-refractivity contribution >= 4 is 17.3 Å². The smallest absolute Gasteiger partial charge is 0.291 e. The van der Waals surface area contributed by atoms with Gasteiger partial charge in [-0.3, -0.25) is 4.79 Å². The number of nitrogens with one attached hydrogen (secondary N) is 1. The number of amides is 1. The summed E-state index contributed by atoms with van der Waals surface area (Å²) in [7, 11) is 0. The van der Waals surface area contributed by atoms with Gasteiger partial charge in [0.15, 0.2) is 5.76 Å². The number of rotatable bonds is 4. The molecule has 0 radical (unpaired) electrons. The van der Waals surface area contributed by atoms with Crippen LogP contribution in [0.15, 0.2) is 65.1 Å². The lowest BCUT2D eigenvalue weighted by Crippen LogP contribution is -2.17. The van der Waals surface area contributed by atoms with Crippen molar-refractivity contribution in [1.29, 1.82) is 0 Å². The van der Waals surface area contributed by atoms with Crippen molar-refractivity contribution in [1.82, 2.24) is 0 Å². The van der Waals surface area contributed by atoms with E-state index in [1.54, 1.807) is 30.3 Å². The predicted octanol–water partition coefficient (Wildman–Crippen LogP) is 4.94. The quantitative estimate of drug-likeness (QED) is 0.725. The molecule has 0 bridgehead atoms. The molecule has 2 aromatic carbocycles. The van der Waals surface area contributed by atoms with Crippen LogP contribution in [0.1, 0.15) is 23.4 Å². The van der Waals surface area contributed by atoms with Crippen molar-refractivity contribution in [2.45, 2.75) is 12.8 Å². The summed E-state index contributed by atoms with van der Waals surface area (Å²) in [6.45, 7) is 2.16. The van der Waals surface area contributed by atoms with Gasteiger partial charge in [0.1, 0.15) is 11.6 Å². The number of benzene rings is 2. The van der Waals surface area contributed by atoms with E-state index in [0.717, 1.165) is 13.1 Å². The van der Waals surface area contributed by atoms with Gasteiger partial charge in [-0.1, -0.05) is 12.1 Å². The Morgan fingerprint density at radius 1 is 0.962 bits per heavy atom. The molecule has 0 aliphatic carbocycles. The highest BCUT2D eigenvalue weighted by atomic mass is 19.1. The fourth-order valence-electron chi connectivity index (χ4n) is 3.19. The van der Waals surface area contributed by atoms with Crippen LogP contribution in [0.3, 0.4) is 0 Å². The molecule has 26 heavy (non-hydrogen) atoms. The number of hydrogen-bond acceptors (Lipinski definition) is 3. The summed E-state index contributed by atoms with van der Waals surface area (Å²) in [4.78, 5) is 14.7. The predicted molar refractivity (Wildman–Crippen MR) is 99.9 cm³/mol. The first-order valence-electron chi connectivity index (χ1n) is 8.72. The van der Waals surface area contributed by atoms with Gasteiger partial charge in [0.05, 0.1) is 5.56 Å². The maximum atomic E-state index is 13.8. The summed E-state index contributed by atoms with van der Waals surface area (Å²) in [5.74, 6) is -0.266. The zero-order chi connectivity index (χ0) is 17.9. The highest BCUT2D eigenvalue weighted by molar-refractivity contribution is 6.02. The molecule has 2 heterocycles. The van der Waals surface area contributed by atoms with E-state index in [2.05, 4.69) is 10.2 Å². The Morgan fingerprint density at radius 2 is 1.69 bits per heavy atom. The molecule has 1 saturated heterocycles. The number of anilines is 2. The zero-order valence-corrected chi connectivity index (χ0v) is 14.2. The molecule has 5 heteroatoms. The second-order valence-electron chi connectivity index (χ2n) is 6.34. The van der Waals surface area contributed by atoms with E-state index in [4.69, 9.17) is 4.42 Å². The van der Waals surface area contributed by atoms with Gasteiger partial charge in [0.25, 0.3) is 5.91 Å². The Balaban J connectivity index is 1.46. The third kappa shape index (κ3) is 3.33. The van der Waals surface area contributed by atoms with Gasteiger partial charge < -0.3 is 14.6 Å². The van der Waals surface area contributed by atoms with Crippen molar-refractivity contribution in [3.8, 4) is 11.3 Å². The van der Waals surface area contributed by atoms with Crippen LogP contribution in [0.2, 0.25) is 0 Å². The van der Waals surface area contributed by atoms with Crippen LogP contribution in [-0.2, 0) is 0 Å². The SMILES string of the molecule is O=C(Nc1ccc(N2CCCC2)cc1)c1ccc(-c2ccccc2F)o1. The molecule has 1 aromatic heterocycles. The molecule has 1 amide bonds. The normalized spacial score (nSPS) is 13.8. The third-order valence-electron chi connectivity index (χ3n) is 4.57. The number of nitrogens with zero attached hydrogens (tertiary/aromatic N) is 1. The van der Waals surface area contributed by atoms with Crippen LogP contribution in [0.4, 0.5) is 15.8 Å². The van der Waals surface area contributed by atoms with Crippen LogP contribution in [0.25, 0.3) is 11.3 Å². The maximum Gasteiger partial charge on any atom is 0.291 e. The molecule has 0 spiro atoms. The van der Waals surface area contributed by atoms with Crippen molar-refractivity contribution in [2.24, 2.45) is 0 Å². The van der Waals surface area contributed by atoms with Crippen LogP contribution in [-0.4, -0.2) is 19.0 Å². The van der Waals surface area contributed by atoms with Gasteiger partial charge in [0, 0.05) is 24.5 Å². The summed E-state index contributed by atoms with van der Waals surface area (Å²) in [6.07, 6.45) is 2.45. The molecule has 4 rings (SSSR count). The fraction of sp³-hybridized carbons (Fsp3) is 0.190. The van der Waals surface area contributed by atoms with Gasteiger partial charge in [-0.15, -0.1) is 0 Å². The second kappa shape index (κ2) is 7.04. The van der Waals surface area contributed by atoms with E-state index in [0.29, 0.717) is 17.0 Å². The molecule has 1 aliphatic rings. The summed E-state index contributed by atoms with van der Waals surface area (Å²) in [5.41, 5.74) is 2.20. The first kappa shape index (κ1) is 16.4. The molecule has 1 fully saturated rings. The van der Waals surface area contributed by atoms with E-state index < -0.39 is 0 Å². The minimum absolute atomic E-state index is 0.145. The van der Waals surface area contributed by atoms with E-state index in [1.165, 1.54) is 24.6 Å². The minimum atomic E-state index is -0.383. The highest BCUT2D eigenvalue weighted by Gasteiger charge is 2.15. The van der Waals surface area contributed by atoms with Crippen molar-refractivity contribution in [3.63, 3.8) is 0 Å². The Hall–Kier alpha value is -3.08. The third-order valence-corrected chi connectivity index (χ3v) is 4.57. The number of furan rings is 1. The van der Waals surface area contributed by atoms with Gasteiger partial charge in [-0.25, -0.2) is 4.39 Å². The lowest BCUT2D eigenvalue weighted by molar-refractivity contribution is 0.0997. The molecule has 132 valence electrons. The van der Waals surface area contributed by atoms with Crippen LogP contribution >= 0.6 is 0 Å². The molecule has 0 saturated carbocycles. The average Bonchev–Trinajstić information content (AvgIpc) is 3.35. The lowest BCUT2D eigenvalue weighted by Gasteiger charge is -2.17. The van der Waals surface area contributed by atoms with Crippen molar-refractivity contribution in [3.05, 3.63) is 72.2 Å². The van der Waals surface area contributed by atoms with Gasteiger partial charge in [-0.05, 0) is 61.4 Å². The Labute approximate surface area is 151 Å². The van der Waals surface area contributed by atoms with Crippen LogP contribution in [0.5, 0.6) is 0 Å².